The third-order valence-electron chi connectivity index (χ3n) is 3.51. The van der Waals surface area contributed by atoms with Crippen LogP contribution in [0.1, 0.15) is 12.8 Å². The van der Waals surface area contributed by atoms with Gasteiger partial charge in [-0.05, 0) is 48.9 Å². The van der Waals surface area contributed by atoms with Crippen molar-refractivity contribution in [3.05, 3.63) is 77.7 Å². The molecule has 1 aliphatic rings. The molecule has 0 saturated carbocycles. The first-order valence-electron chi connectivity index (χ1n) is 7.17. The Bertz CT molecular complexity index is 641. The van der Waals surface area contributed by atoms with Crippen LogP contribution in [0, 0.1) is 0 Å². The molecule has 2 heteroatoms. The number of hydrogen-bond donors (Lipinski definition) is 0. The fourth-order valence-corrected chi connectivity index (χ4v) is 4.71. The van der Waals surface area contributed by atoms with Crippen LogP contribution in [0.5, 0.6) is 5.75 Å². The molecule has 0 fully saturated rings. The third-order valence-corrected chi connectivity index (χ3v) is 5.86. The molecule has 0 aromatic heterocycles. The van der Waals surface area contributed by atoms with Crippen molar-refractivity contribution >= 4 is 10.9 Å². The Balaban J connectivity index is 2.02. The zero-order valence-electron chi connectivity index (χ0n) is 12.2. The highest BCUT2D eigenvalue weighted by molar-refractivity contribution is 8.00. The van der Waals surface area contributed by atoms with E-state index in [1.54, 1.807) is 7.11 Å². The van der Waals surface area contributed by atoms with Gasteiger partial charge in [-0.25, -0.2) is 0 Å². The smallest absolute Gasteiger partial charge is 0.166 e. The van der Waals surface area contributed by atoms with Crippen molar-refractivity contribution < 1.29 is 4.74 Å². The van der Waals surface area contributed by atoms with Gasteiger partial charge >= 0.3 is 0 Å². The minimum atomic E-state index is 0.00636. The lowest BCUT2D eigenvalue weighted by Gasteiger charge is -2.12. The molecule has 1 aliphatic carbocycles. The number of methoxy groups -OCH3 is 1. The van der Waals surface area contributed by atoms with Gasteiger partial charge in [0, 0.05) is 6.42 Å². The van der Waals surface area contributed by atoms with Crippen molar-refractivity contribution in [1.29, 1.82) is 0 Å². The molecular weight excluding hydrogens is 276 g/mol. The molecular formula is C19H19OS+. The van der Waals surface area contributed by atoms with Crippen molar-refractivity contribution in [3.8, 4) is 5.75 Å². The van der Waals surface area contributed by atoms with Crippen LogP contribution in [-0.4, -0.2) is 7.11 Å². The molecule has 21 heavy (non-hydrogen) atoms. The quantitative estimate of drug-likeness (QED) is 0.724. The van der Waals surface area contributed by atoms with Gasteiger partial charge in [-0.15, -0.1) is 0 Å². The third kappa shape index (κ3) is 3.22. The van der Waals surface area contributed by atoms with E-state index in [2.05, 4.69) is 72.8 Å². The molecule has 0 bridgehead atoms. The van der Waals surface area contributed by atoms with Crippen LogP contribution in [0.2, 0.25) is 0 Å². The van der Waals surface area contributed by atoms with Gasteiger partial charge in [-0.1, -0.05) is 30.4 Å². The first-order chi connectivity index (χ1) is 10.4. The molecule has 0 amide bonds. The predicted molar refractivity (Wildman–Crippen MR) is 89.8 cm³/mol. The normalized spacial score (nSPS) is 15.4. The van der Waals surface area contributed by atoms with Gasteiger partial charge in [0.15, 0.2) is 9.79 Å². The molecule has 0 spiro atoms. The molecule has 106 valence electrons. The van der Waals surface area contributed by atoms with E-state index in [1.165, 1.54) is 14.7 Å². The van der Waals surface area contributed by atoms with Gasteiger partial charge in [-0.3, -0.25) is 0 Å². The SMILES string of the molecule is COc1ccc([S+](C2=CC=CCC2)c2ccccc2)cc1. The summed E-state index contributed by atoms with van der Waals surface area (Å²) in [5, 5.41) is 0. The fraction of sp³-hybridized carbons (Fsp3) is 0.158. The van der Waals surface area contributed by atoms with Crippen molar-refractivity contribution in [2.75, 3.05) is 7.11 Å². The zero-order valence-corrected chi connectivity index (χ0v) is 13.0. The van der Waals surface area contributed by atoms with E-state index < -0.39 is 0 Å². The van der Waals surface area contributed by atoms with Crippen molar-refractivity contribution in [2.45, 2.75) is 22.6 Å². The summed E-state index contributed by atoms with van der Waals surface area (Å²) >= 11 is 0. The van der Waals surface area contributed by atoms with Gasteiger partial charge in [0.2, 0.25) is 0 Å². The molecule has 1 unspecified atom stereocenters. The zero-order chi connectivity index (χ0) is 14.5. The average molecular weight is 295 g/mol. The Kier molecular flexibility index (Phi) is 4.46. The number of ether oxygens (including phenoxy) is 1. The highest BCUT2D eigenvalue weighted by Gasteiger charge is 2.30. The molecule has 0 saturated heterocycles. The Morgan fingerprint density at radius 3 is 2.24 bits per heavy atom. The van der Waals surface area contributed by atoms with Crippen molar-refractivity contribution in [2.24, 2.45) is 0 Å². The second kappa shape index (κ2) is 6.68. The van der Waals surface area contributed by atoms with E-state index in [4.69, 9.17) is 4.74 Å². The lowest BCUT2D eigenvalue weighted by molar-refractivity contribution is 0.414. The second-order valence-corrected chi connectivity index (χ2v) is 6.97. The number of allylic oxidation sites excluding steroid dienone is 4. The van der Waals surface area contributed by atoms with Crippen LogP contribution >= 0.6 is 0 Å². The molecule has 0 heterocycles. The largest absolute Gasteiger partial charge is 0.497 e. The first kappa shape index (κ1) is 14.0. The summed E-state index contributed by atoms with van der Waals surface area (Å²) in [7, 11) is 1.72. The van der Waals surface area contributed by atoms with Gasteiger partial charge in [0.05, 0.1) is 18.0 Å². The summed E-state index contributed by atoms with van der Waals surface area (Å²) in [6.07, 6.45) is 8.98. The maximum atomic E-state index is 5.28. The van der Waals surface area contributed by atoms with Crippen molar-refractivity contribution in [3.63, 3.8) is 0 Å². The fourth-order valence-electron chi connectivity index (χ4n) is 2.46. The minimum Gasteiger partial charge on any atom is -0.497 e. The predicted octanol–water partition coefficient (Wildman–Crippen LogP) is 4.97. The molecule has 0 aliphatic heterocycles. The Morgan fingerprint density at radius 2 is 1.62 bits per heavy atom. The molecule has 0 radical (unpaired) electrons. The van der Waals surface area contributed by atoms with Gasteiger partial charge in [0.1, 0.15) is 10.7 Å². The summed E-state index contributed by atoms with van der Waals surface area (Å²) in [6.45, 7) is 0. The monoisotopic (exact) mass is 295 g/mol. The molecule has 1 nitrogen and oxygen atoms in total. The summed E-state index contributed by atoms with van der Waals surface area (Å²) < 4.78 is 5.28. The lowest BCUT2D eigenvalue weighted by atomic mass is 10.2. The summed E-state index contributed by atoms with van der Waals surface area (Å²) in [6, 6.07) is 19.3. The molecule has 2 aromatic carbocycles. The van der Waals surface area contributed by atoms with Crippen LogP contribution in [-0.2, 0) is 10.9 Å². The van der Waals surface area contributed by atoms with E-state index >= 15 is 0 Å². The second-order valence-electron chi connectivity index (χ2n) is 4.89. The van der Waals surface area contributed by atoms with Gasteiger partial charge in [-0.2, -0.15) is 0 Å². The van der Waals surface area contributed by atoms with Gasteiger partial charge < -0.3 is 4.74 Å². The minimum absolute atomic E-state index is 0.00636. The van der Waals surface area contributed by atoms with Gasteiger partial charge in [0.25, 0.3) is 0 Å². The summed E-state index contributed by atoms with van der Waals surface area (Å²) in [5.41, 5.74) is 0. The first-order valence-corrected chi connectivity index (χ1v) is 8.40. The maximum absolute atomic E-state index is 5.28. The standard InChI is InChI=1S/C19H19OS/c1-20-16-12-14-19(15-13-16)21(17-8-4-2-5-9-17)18-10-6-3-7-11-18/h2-6,8-10,12-15H,7,11H2,1H3/q+1. The molecule has 0 N–H and O–H groups in total. The Morgan fingerprint density at radius 1 is 0.905 bits per heavy atom. The Labute approximate surface area is 129 Å². The van der Waals surface area contributed by atoms with Crippen LogP contribution in [0.4, 0.5) is 0 Å². The highest BCUT2D eigenvalue weighted by atomic mass is 32.2. The number of benzene rings is 2. The summed E-state index contributed by atoms with van der Waals surface area (Å²) in [4.78, 5) is 4.24. The molecule has 1 atom stereocenters. The van der Waals surface area contributed by atoms with E-state index in [9.17, 15) is 0 Å². The molecule has 3 rings (SSSR count). The van der Waals surface area contributed by atoms with Crippen LogP contribution < -0.4 is 4.74 Å². The lowest BCUT2D eigenvalue weighted by Crippen LogP contribution is -2.08. The average Bonchev–Trinajstić information content (AvgIpc) is 2.58. The van der Waals surface area contributed by atoms with Crippen molar-refractivity contribution in [1.82, 2.24) is 0 Å². The van der Waals surface area contributed by atoms with E-state index in [1.807, 2.05) is 0 Å². The maximum Gasteiger partial charge on any atom is 0.166 e. The Hall–Kier alpha value is -1.93. The van der Waals surface area contributed by atoms with Crippen LogP contribution in [0.3, 0.4) is 0 Å². The summed E-state index contributed by atoms with van der Waals surface area (Å²) in [5.74, 6) is 0.910. The number of hydrogen-bond acceptors (Lipinski definition) is 1. The van der Waals surface area contributed by atoms with E-state index in [-0.39, 0.29) is 10.9 Å². The van der Waals surface area contributed by atoms with E-state index in [0.29, 0.717) is 0 Å². The van der Waals surface area contributed by atoms with Crippen LogP contribution in [0.15, 0.2) is 87.5 Å². The highest BCUT2D eigenvalue weighted by Crippen LogP contribution is 2.34. The molecule has 2 aromatic rings. The number of rotatable bonds is 4. The van der Waals surface area contributed by atoms with Crippen LogP contribution in [0.25, 0.3) is 0 Å². The van der Waals surface area contributed by atoms with E-state index in [0.717, 1.165) is 18.6 Å². The topological polar surface area (TPSA) is 9.23 Å².